The van der Waals surface area contributed by atoms with Crippen LogP contribution in [0.15, 0.2) is 82.8 Å². The molecule has 0 saturated carbocycles. The van der Waals surface area contributed by atoms with Crippen LogP contribution >= 0.6 is 11.6 Å². The molecule has 1 aliphatic heterocycles. The Kier molecular flexibility index (Phi) is 10.2. The van der Waals surface area contributed by atoms with Gasteiger partial charge in [0.2, 0.25) is 0 Å². The fraction of sp³-hybridized carbons (Fsp3) is 0.250. The third-order valence-electron chi connectivity index (χ3n) is 6.04. The maximum absolute atomic E-state index is 13.5. The van der Waals surface area contributed by atoms with Crippen LogP contribution in [0, 0.1) is 0 Å². The van der Waals surface area contributed by atoms with Gasteiger partial charge in [0.15, 0.2) is 6.61 Å². The van der Waals surface area contributed by atoms with Gasteiger partial charge in [-0.3, -0.25) is 13.9 Å². The third kappa shape index (κ3) is 8.19. The van der Waals surface area contributed by atoms with E-state index in [9.17, 15) is 18.0 Å². The Balaban J connectivity index is 1.37. The van der Waals surface area contributed by atoms with E-state index in [4.69, 9.17) is 25.8 Å². The first kappa shape index (κ1) is 29.8. The fourth-order valence-electron chi connectivity index (χ4n) is 3.87. The van der Waals surface area contributed by atoms with Gasteiger partial charge in [-0.25, -0.2) is 13.8 Å². The molecule has 0 aliphatic carbocycles. The lowest BCUT2D eigenvalue weighted by atomic mass is 10.2. The highest BCUT2D eigenvalue weighted by Gasteiger charge is 2.27. The number of carbonyl (C=O) groups excluding carboxylic acids is 2. The summed E-state index contributed by atoms with van der Waals surface area (Å²) in [4.78, 5) is 26.7. The van der Waals surface area contributed by atoms with Crippen molar-refractivity contribution < 1.29 is 32.2 Å². The molecule has 4 rings (SSSR count). The van der Waals surface area contributed by atoms with Crippen LogP contribution in [0.3, 0.4) is 0 Å². The fourth-order valence-corrected chi connectivity index (χ4v) is 5.46. The van der Waals surface area contributed by atoms with Crippen LogP contribution in [-0.4, -0.2) is 77.9 Å². The molecule has 0 unspecified atom stereocenters. The van der Waals surface area contributed by atoms with Crippen LogP contribution in [0.1, 0.15) is 5.56 Å². The lowest BCUT2D eigenvalue weighted by Crippen LogP contribution is -2.42. The number of morpholine rings is 1. The predicted octanol–water partition coefficient (Wildman–Crippen LogP) is 2.93. The molecule has 41 heavy (non-hydrogen) atoms. The highest BCUT2D eigenvalue weighted by Crippen LogP contribution is 2.27. The van der Waals surface area contributed by atoms with E-state index in [0.717, 1.165) is 4.31 Å². The molecule has 1 aliphatic rings. The summed E-state index contributed by atoms with van der Waals surface area (Å²) in [6, 6.07) is 18.8. The standard InChI is InChI=1S/C28H29ClN4O7S/c1-38-24-9-11-26(12-10-24)41(36,37)33(23-4-2-3-22(29)17-23)19-27(34)31-30-18-21-5-7-25(8-6-21)40-20-28(35)32-13-15-39-16-14-32/h2-12,17-18H,13-16,19-20H2,1H3,(H,31,34)/b30-18-. The Morgan fingerprint density at radius 3 is 2.39 bits per heavy atom. The van der Waals surface area contributed by atoms with E-state index in [2.05, 4.69) is 10.5 Å². The van der Waals surface area contributed by atoms with Gasteiger partial charge in [0.1, 0.15) is 18.0 Å². The van der Waals surface area contributed by atoms with Crippen molar-refractivity contribution >= 4 is 45.3 Å². The summed E-state index contributed by atoms with van der Waals surface area (Å²) >= 11 is 6.10. The van der Waals surface area contributed by atoms with Crippen molar-refractivity contribution in [3.63, 3.8) is 0 Å². The zero-order chi connectivity index (χ0) is 29.2. The summed E-state index contributed by atoms with van der Waals surface area (Å²) < 4.78 is 43.8. The molecule has 1 heterocycles. The highest BCUT2D eigenvalue weighted by molar-refractivity contribution is 7.92. The number of nitrogens with one attached hydrogen (secondary N) is 1. The Hall–Kier alpha value is -4.13. The lowest BCUT2D eigenvalue weighted by Gasteiger charge is -2.26. The van der Waals surface area contributed by atoms with Gasteiger partial charge in [-0.2, -0.15) is 5.10 Å². The van der Waals surface area contributed by atoms with Crippen molar-refractivity contribution in [1.29, 1.82) is 0 Å². The second-order valence-electron chi connectivity index (χ2n) is 8.81. The van der Waals surface area contributed by atoms with Gasteiger partial charge in [0, 0.05) is 18.1 Å². The summed E-state index contributed by atoms with van der Waals surface area (Å²) in [6.45, 7) is 1.52. The number of hydrazone groups is 1. The first-order chi connectivity index (χ1) is 19.8. The number of sulfonamides is 1. The number of ether oxygens (including phenoxy) is 3. The molecule has 3 aromatic carbocycles. The van der Waals surface area contributed by atoms with Gasteiger partial charge in [0.05, 0.1) is 37.1 Å². The van der Waals surface area contributed by atoms with Crippen molar-refractivity contribution in [3.8, 4) is 11.5 Å². The number of hydrogen-bond donors (Lipinski definition) is 1. The number of halogens is 1. The van der Waals surface area contributed by atoms with Crippen LogP contribution in [0.25, 0.3) is 0 Å². The van der Waals surface area contributed by atoms with E-state index < -0.39 is 22.5 Å². The van der Waals surface area contributed by atoms with Gasteiger partial charge in [-0.1, -0.05) is 17.7 Å². The van der Waals surface area contributed by atoms with E-state index >= 15 is 0 Å². The van der Waals surface area contributed by atoms with Gasteiger partial charge in [-0.15, -0.1) is 0 Å². The third-order valence-corrected chi connectivity index (χ3v) is 8.06. The minimum atomic E-state index is -4.13. The topological polar surface area (TPSA) is 127 Å². The Morgan fingerprint density at radius 2 is 1.73 bits per heavy atom. The van der Waals surface area contributed by atoms with E-state index in [1.807, 2.05) is 0 Å². The molecule has 3 aromatic rings. The smallest absolute Gasteiger partial charge is 0.264 e. The van der Waals surface area contributed by atoms with Crippen LogP contribution < -0.4 is 19.2 Å². The quantitative estimate of drug-likeness (QED) is 0.265. The van der Waals surface area contributed by atoms with Gasteiger partial charge in [0.25, 0.3) is 21.8 Å². The molecule has 13 heteroatoms. The Morgan fingerprint density at radius 1 is 1.05 bits per heavy atom. The summed E-state index contributed by atoms with van der Waals surface area (Å²) in [7, 11) is -2.66. The summed E-state index contributed by atoms with van der Waals surface area (Å²) in [6.07, 6.45) is 1.41. The number of nitrogens with zero attached hydrogens (tertiary/aromatic N) is 3. The van der Waals surface area contributed by atoms with Crippen LogP contribution in [0.2, 0.25) is 5.02 Å². The van der Waals surface area contributed by atoms with E-state index in [-0.39, 0.29) is 23.1 Å². The Labute approximate surface area is 243 Å². The SMILES string of the molecule is COc1ccc(S(=O)(=O)N(CC(=O)N/N=C\c2ccc(OCC(=O)N3CCOCC3)cc2)c2cccc(Cl)c2)cc1. The van der Waals surface area contributed by atoms with E-state index in [1.165, 1.54) is 43.7 Å². The molecule has 0 spiro atoms. The summed E-state index contributed by atoms with van der Waals surface area (Å²) in [5, 5.41) is 4.26. The minimum Gasteiger partial charge on any atom is -0.497 e. The van der Waals surface area contributed by atoms with Crippen molar-refractivity contribution in [2.45, 2.75) is 4.90 Å². The Bertz CT molecular complexity index is 1480. The van der Waals surface area contributed by atoms with Crippen LogP contribution in [0.4, 0.5) is 5.69 Å². The van der Waals surface area contributed by atoms with Crippen molar-refractivity contribution in [2.75, 3.05) is 50.9 Å². The normalized spacial score (nSPS) is 13.6. The van der Waals surface area contributed by atoms with Crippen LogP contribution in [0.5, 0.6) is 11.5 Å². The second kappa shape index (κ2) is 14.0. The van der Waals surface area contributed by atoms with Crippen LogP contribution in [-0.2, 0) is 24.3 Å². The number of methoxy groups -OCH3 is 1. The largest absolute Gasteiger partial charge is 0.497 e. The maximum atomic E-state index is 13.5. The molecule has 0 atom stereocenters. The number of carbonyl (C=O) groups is 2. The number of rotatable bonds is 11. The number of hydrogen-bond acceptors (Lipinski definition) is 8. The van der Waals surface area contributed by atoms with Crippen molar-refractivity contribution in [2.24, 2.45) is 5.10 Å². The molecular weight excluding hydrogens is 572 g/mol. The van der Waals surface area contributed by atoms with Gasteiger partial charge >= 0.3 is 0 Å². The number of benzene rings is 3. The molecule has 0 radical (unpaired) electrons. The molecule has 2 amide bonds. The summed E-state index contributed by atoms with van der Waals surface area (Å²) in [5.41, 5.74) is 3.22. The maximum Gasteiger partial charge on any atom is 0.264 e. The average Bonchev–Trinajstić information content (AvgIpc) is 2.99. The predicted molar refractivity (Wildman–Crippen MR) is 154 cm³/mol. The minimum absolute atomic E-state index is 0.0245. The molecule has 0 aromatic heterocycles. The highest BCUT2D eigenvalue weighted by atomic mass is 35.5. The van der Waals surface area contributed by atoms with Gasteiger partial charge in [-0.05, 0) is 72.3 Å². The average molecular weight is 601 g/mol. The molecule has 216 valence electrons. The monoisotopic (exact) mass is 600 g/mol. The first-order valence-electron chi connectivity index (χ1n) is 12.6. The van der Waals surface area contributed by atoms with Crippen molar-refractivity contribution in [3.05, 3.63) is 83.4 Å². The number of anilines is 1. The first-order valence-corrected chi connectivity index (χ1v) is 14.4. The zero-order valence-corrected chi connectivity index (χ0v) is 23.8. The molecule has 0 bridgehead atoms. The van der Waals surface area contributed by atoms with E-state index in [0.29, 0.717) is 48.4 Å². The van der Waals surface area contributed by atoms with E-state index in [1.54, 1.807) is 47.4 Å². The molecular formula is C28H29ClN4O7S. The molecule has 1 fully saturated rings. The molecule has 1 saturated heterocycles. The second-order valence-corrected chi connectivity index (χ2v) is 11.1. The van der Waals surface area contributed by atoms with Gasteiger partial charge < -0.3 is 19.1 Å². The molecule has 1 N–H and O–H groups in total. The van der Waals surface area contributed by atoms with Crippen molar-refractivity contribution in [1.82, 2.24) is 10.3 Å². The molecule has 11 nitrogen and oxygen atoms in total. The number of amides is 2. The lowest BCUT2D eigenvalue weighted by molar-refractivity contribution is -0.137. The zero-order valence-electron chi connectivity index (χ0n) is 22.2. The summed E-state index contributed by atoms with van der Waals surface area (Å²) in [5.74, 6) is 0.225.